The van der Waals surface area contributed by atoms with Gasteiger partial charge in [-0.1, -0.05) is 42.5 Å². The highest BCUT2D eigenvalue weighted by Gasteiger charge is 2.07. The number of hydroxylamine groups is 1. The predicted octanol–water partition coefficient (Wildman–Crippen LogP) is 3.72. The average Bonchev–Trinajstić information content (AvgIpc) is 2.68. The third-order valence-electron chi connectivity index (χ3n) is 3.74. The number of nitrogens with one attached hydrogen (secondary N) is 2. The van der Waals surface area contributed by atoms with Crippen LogP contribution in [0.25, 0.3) is 11.1 Å². The lowest BCUT2D eigenvalue weighted by Crippen LogP contribution is -2.18. The quantitative estimate of drug-likeness (QED) is 0.503. The molecule has 0 aliphatic heterocycles. The minimum atomic E-state index is -0.560. The van der Waals surface area contributed by atoms with Gasteiger partial charge in [0, 0.05) is 16.8 Å². The second-order valence-electron chi connectivity index (χ2n) is 5.42. The molecule has 0 aliphatic rings. The van der Waals surface area contributed by atoms with Crippen molar-refractivity contribution in [3.63, 3.8) is 0 Å². The zero-order valence-corrected chi connectivity index (χ0v) is 13.3. The number of amides is 2. The van der Waals surface area contributed by atoms with E-state index in [4.69, 9.17) is 5.21 Å². The molecule has 124 valence electrons. The van der Waals surface area contributed by atoms with Crippen LogP contribution in [-0.2, 0) is 0 Å². The van der Waals surface area contributed by atoms with Gasteiger partial charge in [-0.3, -0.25) is 14.8 Å². The van der Waals surface area contributed by atoms with Gasteiger partial charge < -0.3 is 5.32 Å². The average molecular weight is 332 g/mol. The summed E-state index contributed by atoms with van der Waals surface area (Å²) in [5.41, 5.74) is 5.03. The highest BCUT2D eigenvalue weighted by atomic mass is 16.5. The number of carbonyl (C=O) groups excluding carboxylic acids is 2. The summed E-state index contributed by atoms with van der Waals surface area (Å²) < 4.78 is 0. The number of hydrogen-bond donors (Lipinski definition) is 3. The van der Waals surface area contributed by atoms with Crippen LogP contribution >= 0.6 is 0 Å². The summed E-state index contributed by atoms with van der Waals surface area (Å²) in [7, 11) is 0. The fraction of sp³-hybridized carbons (Fsp3) is 0. The standard InChI is InChI=1S/C20H16N2O3/c23-19(15-5-2-1-3-6-15)21-18-8-4-7-17(13-18)14-9-11-16(12-10-14)20(24)22-25/h1-13,25H,(H,21,23)(H,22,24). The van der Waals surface area contributed by atoms with E-state index in [9.17, 15) is 9.59 Å². The normalized spacial score (nSPS) is 10.1. The van der Waals surface area contributed by atoms with E-state index in [0.29, 0.717) is 16.8 Å². The van der Waals surface area contributed by atoms with Crippen LogP contribution in [0.2, 0.25) is 0 Å². The summed E-state index contributed by atoms with van der Waals surface area (Å²) >= 11 is 0. The smallest absolute Gasteiger partial charge is 0.274 e. The van der Waals surface area contributed by atoms with E-state index in [2.05, 4.69) is 5.32 Å². The Balaban J connectivity index is 1.79. The summed E-state index contributed by atoms with van der Waals surface area (Å²) in [6.45, 7) is 0. The molecule has 0 bridgehead atoms. The van der Waals surface area contributed by atoms with Gasteiger partial charge in [0.05, 0.1) is 0 Å². The van der Waals surface area contributed by atoms with E-state index in [1.54, 1.807) is 41.9 Å². The lowest BCUT2D eigenvalue weighted by Gasteiger charge is -2.08. The summed E-state index contributed by atoms with van der Waals surface area (Å²) in [6, 6.07) is 23.2. The fourth-order valence-corrected chi connectivity index (χ4v) is 2.45. The van der Waals surface area contributed by atoms with Crippen molar-refractivity contribution in [3.8, 4) is 11.1 Å². The molecule has 0 saturated carbocycles. The van der Waals surface area contributed by atoms with Gasteiger partial charge in [0.15, 0.2) is 0 Å². The first-order chi connectivity index (χ1) is 12.2. The molecular weight excluding hydrogens is 316 g/mol. The first-order valence-electron chi connectivity index (χ1n) is 7.69. The second kappa shape index (κ2) is 7.42. The van der Waals surface area contributed by atoms with Crippen LogP contribution < -0.4 is 10.8 Å². The van der Waals surface area contributed by atoms with Crippen molar-refractivity contribution in [2.45, 2.75) is 0 Å². The minimum absolute atomic E-state index is 0.173. The molecular formula is C20H16N2O3. The van der Waals surface area contributed by atoms with E-state index in [-0.39, 0.29) is 5.91 Å². The molecule has 0 spiro atoms. The first kappa shape index (κ1) is 16.4. The first-order valence-corrected chi connectivity index (χ1v) is 7.69. The Labute approximate surface area is 144 Å². The van der Waals surface area contributed by atoms with Crippen LogP contribution in [0.1, 0.15) is 20.7 Å². The van der Waals surface area contributed by atoms with Crippen molar-refractivity contribution >= 4 is 17.5 Å². The zero-order chi connectivity index (χ0) is 17.6. The molecule has 3 N–H and O–H groups in total. The summed E-state index contributed by atoms with van der Waals surface area (Å²) in [5.74, 6) is -0.733. The van der Waals surface area contributed by atoms with Crippen LogP contribution in [-0.4, -0.2) is 17.0 Å². The molecule has 25 heavy (non-hydrogen) atoms. The second-order valence-corrected chi connectivity index (χ2v) is 5.42. The molecule has 0 fully saturated rings. The maximum absolute atomic E-state index is 12.2. The largest absolute Gasteiger partial charge is 0.322 e. The van der Waals surface area contributed by atoms with Gasteiger partial charge in [-0.2, -0.15) is 0 Å². The van der Waals surface area contributed by atoms with Gasteiger partial charge in [-0.15, -0.1) is 0 Å². The molecule has 5 nitrogen and oxygen atoms in total. The molecule has 0 heterocycles. The van der Waals surface area contributed by atoms with Gasteiger partial charge in [0.2, 0.25) is 0 Å². The van der Waals surface area contributed by atoms with E-state index in [1.807, 2.05) is 42.5 Å². The van der Waals surface area contributed by atoms with Gasteiger partial charge in [0.25, 0.3) is 11.8 Å². The molecule has 0 unspecified atom stereocenters. The molecule has 3 rings (SSSR count). The lowest BCUT2D eigenvalue weighted by atomic mass is 10.0. The molecule has 0 aromatic heterocycles. The van der Waals surface area contributed by atoms with E-state index < -0.39 is 5.91 Å². The van der Waals surface area contributed by atoms with Crippen molar-refractivity contribution < 1.29 is 14.8 Å². The molecule has 3 aromatic rings. The summed E-state index contributed by atoms with van der Waals surface area (Å²) in [6.07, 6.45) is 0. The Morgan fingerprint density at radius 1 is 0.680 bits per heavy atom. The number of hydrogen-bond acceptors (Lipinski definition) is 3. The topological polar surface area (TPSA) is 78.4 Å². The zero-order valence-electron chi connectivity index (χ0n) is 13.3. The number of carbonyl (C=O) groups is 2. The SMILES string of the molecule is O=C(NO)c1ccc(-c2cccc(NC(=O)c3ccccc3)c2)cc1. The Hall–Kier alpha value is -3.44. The molecule has 0 radical (unpaired) electrons. The maximum atomic E-state index is 12.2. The lowest BCUT2D eigenvalue weighted by molar-refractivity contribution is 0.0706. The van der Waals surface area contributed by atoms with Crippen LogP contribution in [0.15, 0.2) is 78.9 Å². The van der Waals surface area contributed by atoms with Crippen molar-refractivity contribution in [3.05, 3.63) is 90.0 Å². The third-order valence-corrected chi connectivity index (χ3v) is 3.74. The number of rotatable bonds is 4. The summed E-state index contributed by atoms with van der Waals surface area (Å²) in [5, 5.41) is 11.5. The minimum Gasteiger partial charge on any atom is -0.322 e. The Bertz CT molecular complexity index is 890. The predicted molar refractivity (Wildman–Crippen MR) is 95.5 cm³/mol. The van der Waals surface area contributed by atoms with Crippen LogP contribution in [0.5, 0.6) is 0 Å². The molecule has 2 amide bonds. The van der Waals surface area contributed by atoms with E-state index >= 15 is 0 Å². The van der Waals surface area contributed by atoms with Crippen molar-refractivity contribution in [2.24, 2.45) is 0 Å². The van der Waals surface area contributed by atoms with E-state index in [1.165, 1.54) is 0 Å². The maximum Gasteiger partial charge on any atom is 0.274 e. The van der Waals surface area contributed by atoms with E-state index in [0.717, 1.165) is 11.1 Å². The Morgan fingerprint density at radius 3 is 2.04 bits per heavy atom. The molecule has 5 heteroatoms. The molecule has 0 aliphatic carbocycles. The molecule has 3 aromatic carbocycles. The van der Waals surface area contributed by atoms with Gasteiger partial charge in [0.1, 0.15) is 0 Å². The Kier molecular flexibility index (Phi) is 4.87. The Morgan fingerprint density at radius 2 is 1.36 bits per heavy atom. The number of anilines is 1. The van der Waals surface area contributed by atoms with Crippen molar-refractivity contribution in [1.82, 2.24) is 5.48 Å². The summed E-state index contributed by atoms with van der Waals surface area (Å²) in [4.78, 5) is 23.6. The molecule has 0 saturated heterocycles. The highest BCUT2D eigenvalue weighted by molar-refractivity contribution is 6.04. The van der Waals surface area contributed by atoms with Crippen molar-refractivity contribution in [1.29, 1.82) is 0 Å². The third kappa shape index (κ3) is 3.91. The van der Waals surface area contributed by atoms with Gasteiger partial charge in [-0.25, -0.2) is 5.48 Å². The van der Waals surface area contributed by atoms with Gasteiger partial charge in [-0.05, 0) is 47.5 Å². The highest BCUT2D eigenvalue weighted by Crippen LogP contribution is 2.23. The van der Waals surface area contributed by atoms with Crippen LogP contribution in [0.4, 0.5) is 5.69 Å². The monoisotopic (exact) mass is 332 g/mol. The fourth-order valence-electron chi connectivity index (χ4n) is 2.45. The van der Waals surface area contributed by atoms with Crippen LogP contribution in [0, 0.1) is 0 Å². The number of benzene rings is 3. The van der Waals surface area contributed by atoms with Gasteiger partial charge >= 0.3 is 0 Å². The molecule has 0 atom stereocenters. The van der Waals surface area contributed by atoms with Crippen molar-refractivity contribution in [2.75, 3.05) is 5.32 Å². The van der Waals surface area contributed by atoms with Crippen LogP contribution in [0.3, 0.4) is 0 Å².